The van der Waals surface area contributed by atoms with Crippen LogP contribution in [-0.2, 0) is 0 Å². The minimum absolute atomic E-state index is 0.307. The molecule has 0 amide bonds. The van der Waals surface area contributed by atoms with Gasteiger partial charge in [-0.15, -0.1) is 0 Å². The highest BCUT2D eigenvalue weighted by Crippen LogP contribution is 2.29. The number of para-hydroxylation sites is 2. The number of aromatic nitrogens is 4. The maximum Gasteiger partial charge on any atom is 0.198 e. The lowest BCUT2D eigenvalue weighted by Gasteiger charge is -2.15. The molecule has 24 heavy (non-hydrogen) atoms. The largest absolute Gasteiger partial charge is 0.304 e. The number of aryl methyl sites for hydroxylation is 1. The van der Waals surface area contributed by atoms with Crippen molar-refractivity contribution in [3.8, 4) is 11.4 Å². The molecule has 0 saturated carbocycles. The van der Waals surface area contributed by atoms with Crippen molar-refractivity contribution in [2.75, 3.05) is 0 Å². The van der Waals surface area contributed by atoms with Gasteiger partial charge in [0, 0.05) is 11.6 Å². The van der Waals surface area contributed by atoms with Gasteiger partial charge in [-0.1, -0.05) is 48.9 Å². The Bertz CT molecular complexity index is 1020. The highest BCUT2D eigenvalue weighted by atomic mass is 15.2. The molecule has 0 radical (unpaired) electrons. The van der Waals surface area contributed by atoms with E-state index >= 15 is 0 Å². The fourth-order valence-electron chi connectivity index (χ4n) is 2.98. The highest BCUT2D eigenvalue weighted by Gasteiger charge is 2.19. The standard InChI is InChI=1S/C20H20N4/c1-4-14(3)24-19(15-11-9-13(2)10-12-15)23-18-20(24)22-17-8-6-5-7-16(17)21-18/h5-12,14H,4H2,1-3H3/t14-/m1/s1. The predicted molar refractivity (Wildman–Crippen MR) is 98.0 cm³/mol. The Morgan fingerprint density at radius 3 is 2.25 bits per heavy atom. The molecule has 120 valence electrons. The van der Waals surface area contributed by atoms with E-state index in [-0.39, 0.29) is 0 Å². The topological polar surface area (TPSA) is 43.6 Å². The summed E-state index contributed by atoms with van der Waals surface area (Å²) in [6, 6.07) is 16.7. The minimum Gasteiger partial charge on any atom is -0.304 e. The highest BCUT2D eigenvalue weighted by molar-refractivity contribution is 5.85. The van der Waals surface area contributed by atoms with Gasteiger partial charge in [-0.25, -0.2) is 15.0 Å². The van der Waals surface area contributed by atoms with E-state index in [9.17, 15) is 0 Å². The van der Waals surface area contributed by atoms with Gasteiger partial charge < -0.3 is 4.57 Å². The Balaban J connectivity index is 2.04. The van der Waals surface area contributed by atoms with Crippen LogP contribution in [0.3, 0.4) is 0 Å². The molecule has 0 aliphatic heterocycles. The van der Waals surface area contributed by atoms with Gasteiger partial charge >= 0.3 is 0 Å². The first-order valence-electron chi connectivity index (χ1n) is 8.39. The summed E-state index contributed by atoms with van der Waals surface area (Å²) in [6.45, 7) is 6.48. The SMILES string of the molecule is CC[C@@H](C)n1c(-c2ccc(C)cc2)nc2nc3ccccc3nc21. The quantitative estimate of drug-likeness (QED) is 0.538. The Labute approximate surface area is 141 Å². The summed E-state index contributed by atoms with van der Waals surface area (Å²) in [7, 11) is 0. The molecule has 0 N–H and O–H groups in total. The van der Waals surface area contributed by atoms with Gasteiger partial charge in [0.2, 0.25) is 0 Å². The number of nitrogens with zero attached hydrogens (tertiary/aromatic N) is 4. The molecular weight excluding hydrogens is 296 g/mol. The minimum atomic E-state index is 0.307. The van der Waals surface area contributed by atoms with Crippen molar-refractivity contribution in [2.45, 2.75) is 33.2 Å². The summed E-state index contributed by atoms with van der Waals surface area (Å²) < 4.78 is 2.22. The van der Waals surface area contributed by atoms with Crippen LogP contribution in [0.5, 0.6) is 0 Å². The molecule has 0 aliphatic rings. The third-order valence-corrected chi connectivity index (χ3v) is 4.54. The average molecular weight is 316 g/mol. The lowest BCUT2D eigenvalue weighted by Crippen LogP contribution is -2.07. The lowest BCUT2D eigenvalue weighted by molar-refractivity contribution is 0.547. The van der Waals surface area contributed by atoms with Crippen LogP contribution in [0.25, 0.3) is 33.7 Å². The van der Waals surface area contributed by atoms with Crippen molar-refractivity contribution in [3.05, 3.63) is 54.1 Å². The molecule has 0 saturated heterocycles. The van der Waals surface area contributed by atoms with E-state index < -0.39 is 0 Å². The summed E-state index contributed by atoms with van der Waals surface area (Å²) in [5.74, 6) is 0.939. The van der Waals surface area contributed by atoms with Crippen LogP contribution in [0.1, 0.15) is 31.9 Å². The van der Waals surface area contributed by atoms with Gasteiger partial charge in [0.05, 0.1) is 11.0 Å². The van der Waals surface area contributed by atoms with Crippen LogP contribution in [0.4, 0.5) is 0 Å². The molecule has 4 rings (SSSR count). The van der Waals surface area contributed by atoms with E-state index in [1.165, 1.54) is 5.56 Å². The first kappa shape index (κ1) is 14.8. The first-order chi connectivity index (χ1) is 11.7. The van der Waals surface area contributed by atoms with Crippen molar-refractivity contribution in [1.29, 1.82) is 0 Å². The second-order valence-electron chi connectivity index (χ2n) is 6.29. The third-order valence-electron chi connectivity index (χ3n) is 4.54. The maximum atomic E-state index is 4.85. The fourth-order valence-corrected chi connectivity index (χ4v) is 2.98. The predicted octanol–water partition coefficient (Wildman–Crippen LogP) is 4.93. The number of imidazole rings is 1. The zero-order valence-corrected chi connectivity index (χ0v) is 14.2. The zero-order valence-electron chi connectivity index (χ0n) is 14.2. The molecule has 0 bridgehead atoms. The molecule has 4 nitrogen and oxygen atoms in total. The van der Waals surface area contributed by atoms with Gasteiger partial charge in [-0.05, 0) is 32.4 Å². The summed E-state index contributed by atoms with van der Waals surface area (Å²) in [5.41, 5.74) is 5.71. The van der Waals surface area contributed by atoms with E-state index in [1.807, 2.05) is 24.3 Å². The molecule has 1 atom stereocenters. The Kier molecular flexibility index (Phi) is 3.53. The van der Waals surface area contributed by atoms with Crippen LogP contribution in [0.15, 0.2) is 48.5 Å². The Morgan fingerprint density at radius 1 is 0.917 bits per heavy atom. The van der Waals surface area contributed by atoms with Gasteiger partial charge in [0.1, 0.15) is 5.82 Å². The number of rotatable bonds is 3. The van der Waals surface area contributed by atoms with Crippen LogP contribution < -0.4 is 0 Å². The van der Waals surface area contributed by atoms with E-state index in [0.29, 0.717) is 11.7 Å². The number of benzene rings is 2. The Morgan fingerprint density at radius 2 is 1.58 bits per heavy atom. The second-order valence-corrected chi connectivity index (χ2v) is 6.29. The van der Waals surface area contributed by atoms with Crippen LogP contribution in [-0.4, -0.2) is 19.5 Å². The fraction of sp³-hybridized carbons (Fsp3) is 0.250. The van der Waals surface area contributed by atoms with E-state index in [4.69, 9.17) is 15.0 Å². The van der Waals surface area contributed by atoms with Gasteiger partial charge in [0.15, 0.2) is 11.3 Å². The zero-order chi connectivity index (χ0) is 16.7. The van der Waals surface area contributed by atoms with Gasteiger partial charge in [-0.2, -0.15) is 0 Å². The van der Waals surface area contributed by atoms with Crippen LogP contribution >= 0.6 is 0 Å². The molecule has 2 aromatic heterocycles. The molecule has 0 spiro atoms. The number of hydrogen-bond donors (Lipinski definition) is 0. The average Bonchev–Trinajstić information content (AvgIpc) is 2.98. The summed E-state index contributed by atoms with van der Waals surface area (Å²) in [5, 5.41) is 0. The lowest BCUT2D eigenvalue weighted by atomic mass is 10.1. The molecule has 0 fully saturated rings. The first-order valence-corrected chi connectivity index (χ1v) is 8.39. The van der Waals surface area contributed by atoms with Crippen molar-refractivity contribution >= 4 is 22.3 Å². The van der Waals surface area contributed by atoms with Crippen molar-refractivity contribution in [3.63, 3.8) is 0 Å². The van der Waals surface area contributed by atoms with E-state index in [2.05, 4.69) is 49.6 Å². The molecule has 0 unspecified atom stereocenters. The summed E-state index contributed by atoms with van der Waals surface area (Å²) in [4.78, 5) is 14.4. The second kappa shape index (κ2) is 5.71. The number of hydrogen-bond acceptors (Lipinski definition) is 3. The van der Waals surface area contributed by atoms with Gasteiger partial charge in [-0.3, -0.25) is 0 Å². The molecule has 0 aliphatic carbocycles. The smallest absolute Gasteiger partial charge is 0.198 e. The monoisotopic (exact) mass is 316 g/mol. The summed E-state index contributed by atoms with van der Waals surface area (Å²) in [6.07, 6.45) is 1.01. The van der Waals surface area contributed by atoms with Crippen LogP contribution in [0.2, 0.25) is 0 Å². The molecule has 2 aromatic carbocycles. The van der Waals surface area contributed by atoms with E-state index in [1.54, 1.807) is 0 Å². The third kappa shape index (κ3) is 2.35. The maximum absolute atomic E-state index is 4.85. The molecule has 4 aromatic rings. The van der Waals surface area contributed by atoms with Crippen LogP contribution in [0, 0.1) is 6.92 Å². The van der Waals surface area contributed by atoms with Crippen molar-refractivity contribution in [1.82, 2.24) is 19.5 Å². The number of fused-ring (bicyclic) bond motifs is 2. The van der Waals surface area contributed by atoms with Gasteiger partial charge in [0.25, 0.3) is 0 Å². The van der Waals surface area contributed by atoms with Crippen molar-refractivity contribution < 1.29 is 0 Å². The molecular formula is C20H20N4. The molecule has 4 heteroatoms. The molecule has 2 heterocycles. The normalized spacial score (nSPS) is 12.8. The van der Waals surface area contributed by atoms with E-state index in [0.717, 1.165) is 34.5 Å². The summed E-state index contributed by atoms with van der Waals surface area (Å²) >= 11 is 0. The Hall–Kier alpha value is -2.75. The van der Waals surface area contributed by atoms with Crippen molar-refractivity contribution in [2.24, 2.45) is 0 Å².